The Morgan fingerprint density at radius 1 is 1.50 bits per heavy atom. The first-order valence-electron chi connectivity index (χ1n) is 5.30. The number of nitrogens with one attached hydrogen (secondary N) is 1. The lowest BCUT2D eigenvalue weighted by molar-refractivity contribution is -0.150. The van der Waals surface area contributed by atoms with Gasteiger partial charge in [-0.25, -0.2) is 4.79 Å². The highest BCUT2D eigenvalue weighted by molar-refractivity contribution is 9.10. The minimum atomic E-state index is -1.09. The van der Waals surface area contributed by atoms with E-state index in [1.807, 2.05) is 19.1 Å². The van der Waals surface area contributed by atoms with Crippen LogP contribution in [-0.4, -0.2) is 29.7 Å². The van der Waals surface area contributed by atoms with Crippen molar-refractivity contribution in [1.29, 1.82) is 0 Å². The summed E-state index contributed by atoms with van der Waals surface area (Å²) in [6.45, 7) is 2.95. The van der Waals surface area contributed by atoms with E-state index in [0.29, 0.717) is 5.69 Å². The topological polar surface area (TPSA) is 75.6 Å². The number of carboxylic acid groups (broad SMARTS) is 1. The Bertz CT molecular complexity index is 461. The number of rotatable bonds is 5. The molecule has 0 heterocycles. The molecular weight excluding hydrogens is 302 g/mol. The van der Waals surface area contributed by atoms with Crippen LogP contribution in [0.3, 0.4) is 0 Å². The number of benzene rings is 1. The number of halogens is 1. The predicted molar refractivity (Wildman–Crippen MR) is 70.6 cm³/mol. The molecule has 1 amide bonds. The van der Waals surface area contributed by atoms with E-state index in [0.717, 1.165) is 10.0 Å². The van der Waals surface area contributed by atoms with Crippen molar-refractivity contribution in [1.82, 2.24) is 0 Å². The third-order valence-electron chi connectivity index (χ3n) is 2.27. The number of aryl methyl sites for hydroxylation is 1. The van der Waals surface area contributed by atoms with Crippen LogP contribution >= 0.6 is 15.9 Å². The third kappa shape index (κ3) is 4.46. The summed E-state index contributed by atoms with van der Waals surface area (Å²) in [6.07, 6.45) is -0.998. The van der Waals surface area contributed by atoms with Gasteiger partial charge in [-0.05, 0) is 37.6 Å². The summed E-state index contributed by atoms with van der Waals surface area (Å²) in [6, 6.07) is 5.44. The lowest BCUT2D eigenvalue weighted by Gasteiger charge is -2.10. The average Bonchev–Trinajstić information content (AvgIpc) is 2.29. The second-order valence-corrected chi connectivity index (χ2v) is 4.71. The Morgan fingerprint density at radius 2 is 2.17 bits per heavy atom. The first-order valence-corrected chi connectivity index (χ1v) is 6.10. The zero-order valence-electron chi connectivity index (χ0n) is 10.1. The van der Waals surface area contributed by atoms with E-state index in [1.54, 1.807) is 6.07 Å². The van der Waals surface area contributed by atoms with Gasteiger partial charge in [-0.3, -0.25) is 4.79 Å². The van der Waals surface area contributed by atoms with Crippen LogP contribution in [0.2, 0.25) is 0 Å². The van der Waals surface area contributed by atoms with E-state index in [4.69, 9.17) is 9.84 Å². The van der Waals surface area contributed by atoms with Gasteiger partial charge in [0.05, 0.1) is 0 Å². The number of hydrogen-bond donors (Lipinski definition) is 2. The monoisotopic (exact) mass is 315 g/mol. The summed E-state index contributed by atoms with van der Waals surface area (Å²) in [5.74, 6) is -1.48. The number of ether oxygens (including phenoxy) is 1. The van der Waals surface area contributed by atoms with Crippen molar-refractivity contribution in [3.63, 3.8) is 0 Å². The molecule has 1 aromatic rings. The van der Waals surface area contributed by atoms with Crippen molar-refractivity contribution in [3.05, 3.63) is 28.2 Å². The average molecular weight is 316 g/mol. The maximum absolute atomic E-state index is 11.5. The van der Waals surface area contributed by atoms with Crippen molar-refractivity contribution < 1.29 is 19.4 Å². The quantitative estimate of drug-likeness (QED) is 0.873. The largest absolute Gasteiger partial charge is 0.479 e. The van der Waals surface area contributed by atoms with Crippen molar-refractivity contribution >= 4 is 33.5 Å². The lowest BCUT2D eigenvalue weighted by Crippen LogP contribution is -2.26. The Labute approximate surface area is 113 Å². The molecule has 98 valence electrons. The molecule has 0 aliphatic heterocycles. The molecule has 0 aliphatic rings. The van der Waals surface area contributed by atoms with Gasteiger partial charge < -0.3 is 15.2 Å². The minimum Gasteiger partial charge on any atom is -0.479 e. The molecule has 0 radical (unpaired) electrons. The van der Waals surface area contributed by atoms with E-state index in [9.17, 15) is 9.59 Å². The molecule has 2 N–H and O–H groups in total. The Hall–Kier alpha value is -1.40. The van der Waals surface area contributed by atoms with E-state index < -0.39 is 12.1 Å². The zero-order valence-corrected chi connectivity index (χ0v) is 11.7. The van der Waals surface area contributed by atoms with Gasteiger partial charge >= 0.3 is 5.97 Å². The first-order chi connectivity index (χ1) is 8.40. The summed E-state index contributed by atoms with van der Waals surface area (Å²) in [4.78, 5) is 22.0. The number of aliphatic carboxylic acids is 1. The molecule has 0 unspecified atom stereocenters. The van der Waals surface area contributed by atoms with Crippen LogP contribution in [0, 0.1) is 6.92 Å². The number of carbonyl (C=O) groups is 2. The van der Waals surface area contributed by atoms with Gasteiger partial charge in [0.1, 0.15) is 6.61 Å². The third-order valence-corrected chi connectivity index (χ3v) is 2.77. The number of carbonyl (C=O) groups excluding carboxylic acids is 1. The Morgan fingerprint density at radius 3 is 2.72 bits per heavy atom. The van der Waals surface area contributed by atoms with Gasteiger partial charge in [0, 0.05) is 10.2 Å². The lowest BCUT2D eigenvalue weighted by atomic mass is 10.2. The van der Waals surface area contributed by atoms with Crippen LogP contribution in [0.15, 0.2) is 22.7 Å². The summed E-state index contributed by atoms with van der Waals surface area (Å²) in [5, 5.41) is 11.3. The van der Waals surface area contributed by atoms with Gasteiger partial charge in [0.2, 0.25) is 5.91 Å². The van der Waals surface area contributed by atoms with Gasteiger partial charge in [-0.15, -0.1) is 0 Å². The molecule has 6 heteroatoms. The van der Waals surface area contributed by atoms with Crippen molar-refractivity contribution in [2.75, 3.05) is 11.9 Å². The number of carboxylic acids is 1. The van der Waals surface area contributed by atoms with Crippen molar-refractivity contribution in [3.8, 4) is 0 Å². The second-order valence-electron chi connectivity index (χ2n) is 3.80. The van der Waals surface area contributed by atoms with Gasteiger partial charge in [-0.2, -0.15) is 0 Å². The number of amides is 1. The van der Waals surface area contributed by atoms with Crippen LogP contribution in [0.1, 0.15) is 12.5 Å². The van der Waals surface area contributed by atoms with Crippen LogP contribution < -0.4 is 5.32 Å². The fourth-order valence-corrected chi connectivity index (χ4v) is 1.70. The first kappa shape index (κ1) is 14.7. The van der Waals surface area contributed by atoms with E-state index in [2.05, 4.69) is 21.2 Å². The molecular formula is C12H14BrNO4. The van der Waals surface area contributed by atoms with Crippen molar-refractivity contribution in [2.45, 2.75) is 20.0 Å². The maximum atomic E-state index is 11.5. The van der Waals surface area contributed by atoms with Crippen LogP contribution in [0.5, 0.6) is 0 Å². The van der Waals surface area contributed by atoms with Crippen LogP contribution in [-0.2, 0) is 14.3 Å². The molecule has 0 aromatic heterocycles. The smallest absolute Gasteiger partial charge is 0.332 e. The second kappa shape index (κ2) is 6.51. The molecule has 0 aliphatic carbocycles. The van der Waals surface area contributed by atoms with Gasteiger partial charge in [0.15, 0.2) is 6.10 Å². The minimum absolute atomic E-state index is 0.289. The molecule has 1 rings (SSSR count). The van der Waals surface area contributed by atoms with Gasteiger partial charge in [-0.1, -0.05) is 15.9 Å². The predicted octanol–water partition coefficient (Wildman–Crippen LogP) is 2.19. The van der Waals surface area contributed by atoms with Gasteiger partial charge in [0.25, 0.3) is 0 Å². The van der Waals surface area contributed by atoms with E-state index in [1.165, 1.54) is 6.92 Å². The zero-order chi connectivity index (χ0) is 13.7. The summed E-state index contributed by atoms with van der Waals surface area (Å²) in [7, 11) is 0. The molecule has 0 spiro atoms. The molecule has 1 atom stereocenters. The van der Waals surface area contributed by atoms with E-state index in [-0.39, 0.29) is 12.5 Å². The summed E-state index contributed by atoms with van der Waals surface area (Å²) < 4.78 is 5.80. The number of anilines is 1. The van der Waals surface area contributed by atoms with Crippen LogP contribution in [0.25, 0.3) is 0 Å². The maximum Gasteiger partial charge on any atom is 0.332 e. The van der Waals surface area contributed by atoms with E-state index >= 15 is 0 Å². The Kier molecular flexibility index (Phi) is 5.30. The molecule has 5 nitrogen and oxygen atoms in total. The summed E-state index contributed by atoms with van der Waals surface area (Å²) in [5.41, 5.74) is 1.58. The van der Waals surface area contributed by atoms with Crippen molar-refractivity contribution in [2.24, 2.45) is 0 Å². The Balaban J connectivity index is 2.52. The highest BCUT2D eigenvalue weighted by Gasteiger charge is 2.13. The molecule has 0 bridgehead atoms. The fraction of sp³-hybridized carbons (Fsp3) is 0.333. The standard InChI is InChI=1S/C12H14BrNO4/c1-7-5-9(13)3-4-10(7)14-11(15)6-18-8(2)12(16)17/h3-5,8H,6H2,1-2H3,(H,14,15)(H,16,17)/t8-/m1/s1. The molecule has 0 fully saturated rings. The number of hydrogen-bond acceptors (Lipinski definition) is 3. The fourth-order valence-electron chi connectivity index (χ4n) is 1.23. The summed E-state index contributed by atoms with van der Waals surface area (Å²) >= 11 is 3.33. The molecule has 1 aromatic carbocycles. The highest BCUT2D eigenvalue weighted by atomic mass is 79.9. The molecule has 0 saturated carbocycles. The molecule has 18 heavy (non-hydrogen) atoms. The SMILES string of the molecule is Cc1cc(Br)ccc1NC(=O)CO[C@H](C)C(=O)O. The normalized spacial score (nSPS) is 11.9. The highest BCUT2D eigenvalue weighted by Crippen LogP contribution is 2.19. The molecule has 0 saturated heterocycles. The van der Waals surface area contributed by atoms with Crippen LogP contribution in [0.4, 0.5) is 5.69 Å².